The minimum absolute atomic E-state index is 0.155. The van der Waals surface area contributed by atoms with Gasteiger partial charge in [-0.3, -0.25) is 4.79 Å². The number of aliphatic hydroxyl groups is 1. The van der Waals surface area contributed by atoms with Gasteiger partial charge in [-0.2, -0.15) is 0 Å². The first-order valence-electron chi connectivity index (χ1n) is 5.04. The maximum absolute atomic E-state index is 11.7. The van der Waals surface area contributed by atoms with E-state index in [9.17, 15) is 9.90 Å². The van der Waals surface area contributed by atoms with Crippen molar-refractivity contribution in [3.05, 3.63) is 12.7 Å². The molecule has 2 fully saturated rings. The Labute approximate surface area is 78.6 Å². The van der Waals surface area contributed by atoms with Gasteiger partial charge < -0.3 is 5.11 Å². The molecule has 2 aliphatic rings. The van der Waals surface area contributed by atoms with Crippen LogP contribution in [0, 0.1) is 11.3 Å². The minimum Gasteiger partial charge on any atom is -0.391 e. The molecule has 2 nitrogen and oxygen atoms in total. The second-order valence-corrected chi connectivity index (χ2v) is 4.33. The van der Waals surface area contributed by atoms with Gasteiger partial charge >= 0.3 is 0 Å². The molecule has 0 aliphatic heterocycles. The Balaban J connectivity index is 2.13. The van der Waals surface area contributed by atoms with E-state index in [0.29, 0.717) is 6.42 Å². The van der Waals surface area contributed by atoms with Crippen molar-refractivity contribution < 1.29 is 9.90 Å². The normalized spacial score (nSPS) is 44.5. The van der Waals surface area contributed by atoms with E-state index in [4.69, 9.17) is 0 Å². The summed E-state index contributed by atoms with van der Waals surface area (Å²) >= 11 is 0. The monoisotopic (exact) mass is 180 g/mol. The molecule has 72 valence electrons. The zero-order chi connectivity index (χ0) is 9.47. The maximum Gasteiger partial charge on any atom is 0.141 e. The second kappa shape index (κ2) is 2.95. The van der Waals surface area contributed by atoms with Crippen molar-refractivity contribution in [2.75, 3.05) is 0 Å². The molecule has 1 N–H and O–H groups in total. The first-order chi connectivity index (χ1) is 6.20. The van der Waals surface area contributed by atoms with Crippen LogP contribution in [0.2, 0.25) is 0 Å². The van der Waals surface area contributed by atoms with Gasteiger partial charge in [0, 0.05) is 12.3 Å². The fourth-order valence-corrected chi connectivity index (χ4v) is 2.76. The minimum atomic E-state index is -0.446. The maximum atomic E-state index is 11.7. The van der Waals surface area contributed by atoms with Gasteiger partial charge in [-0.05, 0) is 19.3 Å². The number of carbonyl (C=O) groups is 1. The Morgan fingerprint density at radius 3 is 2.85 bits per heavy atom. The number of Topliss-reactive ketones (excluding diaryl/α,β-unsaturated/α-hetero) is 1. The number of rotatable bonds is 1. The van der Waals surface area contributed by atoms with E-state index in [1.165, 1.54) is 0 Å². The lowest BCUT2D eigenvalue weighted by Crippen LogP contribution is -2.57. The van der Waals surface area contributed by atoms with Crippen LogP contribution in [-0.2, 0) is 4.79 Å². The van der Waals surface area contributed by atoms with E-state index in [-0.39, 0.29) is 17.1 Å². The van der Waals surface area contributed by atoms with Gasteiger partial charge in [0.25, 0.3) is 0 Å². The van der Waals surface area contributed by atoms with Gasteiger partial charge in [0.2, 0.25) is 0 Å². The van der Waals surface area contributed by atoms with E-state index in [2.05, 4.69) is 6.58 Å². The standard InChI is InChI=1S/C11H16O2/c1-2-8-7-11(10(8)13)6-4-3-5-9(11)12/h2,8,10,13H,1,3-7H2. The molecule has 0 saturated heterocycles. The van der Waals surface area contributed by atoms with Crippen LogP contribution in [0.5, 0.6) is 0 Å². The summed E-state index contributed by atoms with van der Waals surface area (Å²) < 4.78 is 0. The molecule has 0 aromatic heterocycles. The molecule has 13 heavy (non-hydrogen) atoms. The third-order valence-electron chi connectivity index (χ3n) is 3.71. The number of carbonyl (C=O) groups excluding carboxylic acids is 1. The van der Waals surface area contributed by atoms with Crippen LogP contribution in [0.3, 0.4) is 0 Å². The Morgan fingerprint density at radius 1 is 1.54 bits per heavy atom. The average Bonchev–Trinajstić information content (AvgIpc) is 2.15. The van der Waals surface area contributed by atoms with Gasteiger partial charge in [0.1, 0.15) is 5.78 Å². The van der Waals surface area contributed by atoms with Crippen molar-refractivity contribution in [1.82, 2.24) is 0 Å². The lowest BCUT2D eigenvalue weighted by Gasteiger charge is -2.52. The quantitative estimate of drug-likeness (QED) is 0.623. The summed E-state index contributed by atoms with van der Waals surface area (Å²) in [5.41, 5.74) is -0.364. The van der Waals surface area contributed by atoms with Crippen LogP contribution in [-0.4, -0.2) is 17.0 Å². The Hall–Kier alpha value is -0.630. The summed E-state index contributed by atoms with van der Waals surface area (Å²) in [4.78, 5) is 11.7. The van der Waals surface area contributed by atoms with Crippen LogP contribution < -0.4 is 0 Å². The summed E-state index contributed by atoms with van der Waals surface area (Å²) in [6.45, 7) is 3.66. The number of hydrogen-bond donors (Lipinski definition) is 1. The highest BCUT2D eigenvalue weighted by Gasteiger charge is 2.56. The molecule has 3 atom stereocenters. The fraction of sp³-hybridized carbons (Fsp3) is 0.727. The largest absolute Gasteiger partial charge is 0.391 e. The van der Waals surface area contributed by atoms with Crippen LogP contribution in [0.1, 0.15) is 32.1 Å². The third-order valence-corrected chi connectivity index (χ3v) is 3.71. The third kappa shape index (κ3) is 1.08. The van der Waals surface area contributed by atoms with Crippen molar-refractivity contribution in [3.8, 4) is 0 Å². The van der Waals surface area contributed by atoms with E-state index in [1.807, 2.05) is 0 Å². The summed E-state index contributed by atoms with van der Waals surface area (Å²) in [6.07, 6.45) is 5.81. The lowest BCUT2D eigenvalue weighted by atomic mass is 9.53. The summed E-state index contributed by atoms with van der Waals surface area (Å²) in [6, 6.07) is 0. The molecule has 2 aliphatic carbocycles. The number of ketones is 1. The zero-order valence-electron chi connectivity index (χ0n) is 7.83. The first kappa shape index (κ1) is 8.95. The van der Waals surface area contributed by atoms with Crippen LogP contribution in [0.25, 0.3) is 0 Å². The Bertz CT molecular complexity index is 246. The van der Waals surface area contributed by atoms with Gasteiger partial charge in [-0.1, -0.05) is 12.5 Å². The fourth-order valence-electron chi connectivity index (χ4n) is 2.76. The van der Waals surface area contributed by atoms with E-state index in [0.717, 1.165) is 25.7 Å². The van der Waals surface area contributed by atoms with Gasteiger partial charge in [-0.25, -0.2) is 0 Å². The second-order valence-electron chi connectivity index (χ2n) is 4.33. The highest BCUT2D eigenvalue weighted by atomic mass is 16.3. The molecule has 0 aromatic carbocycles. The van der Waals surface area contributed by atoms with E-state index in [1.54, 1.807) is 6.08 Å². The van der Waals surface area contributed by atoms with Crippen molar-refractivity contribution in [1.29, 1.82) is 0 Å². The smallest absolute Gasteiger partial charge is 0.141 e. The highest BCUT2D eigenvalue weighted by Crippen LogP contribution is 2.53. The Kier molecular flexibility index (Phi) is 2.03. The molecule has 2 rings (SSSR count). The topological polar surface area (TPSA) is 37.3 Å². The average molecular weight is 180 g/mol. The molecule has 0 bridgehead atoms. The zero-order valence-corrected chi connectivity index (χ0v) is 7.83. The van der Waals surface area contributed by atoms with Crippen molar-refractivity contribution in [3.63, 3.8) is 0 Å². The van der Waals surface area contributed by atoms with Gasteiger partial charge in [0.05, 0.1) is 11.5 Å². The van der Waals surface area contributed by atoms with Gasteiger partial charge in [-0.15, -0.1) is 6.58 Å². The molecule has 1 spiro atoms. The number of aliphatic hydroxyl groups excluding tert-OH is 1. The number of hydrogen-bond acceptors (Lipinski definition) is 2. The molecule has 0 heterocycles. The summed E-state index contributed by atoms with van der Waals surface area (Å²) in [5, 5.41) is 9.86. The van der Waals surface area contributed by atoms with Crippen molar-refractivity contribution in [2.45, 2.75) is 38.2 Å². The van der Waals surface area contributed by atoms with Crippen LogP contribution >= 0.6 is 0 Å². The van der Waals surface area contributed by atoms with Crippen molar-refractivity contribution >= 4 is 5.78 Å². The molecule has 0 radical (unpaired) electrons. The molecule has 0 aromatic rings. The molecular formula is C11H16O2. The van der Waals surface area contributed by atoms with Crippen molar-refractivity contribution in [2.24, 2.45) is 11.3 Å². The highest BCUT2D eigenvalue weighted by molar-refractivity contribution is 5.87. The molecule has 0 amide bonds. The predicted octanol–water partition coefficient (Wildman–Crippen LogP) is 1.68. The SMILES string of the molecule is C=CC1CC2(CCCCC2=O)C1O. The van der Waals surface area contributed by atoms with E-state index < -0.39 is 6.10 Å². The van der Waals surface area contributed by atoms with E-state index >= 15 is 0 Å². The van der Waals surface area contributed by atoms with Crippen LogP contribution in [0.15, 0.2) is 12.7 Å². The van der Waals surface area contributed by atoms with Gasteiger partial charge in [0.15, 0.2) is 0 Å². The molecular weight excluding hydrogens is 164 g/mol. The first-order valence-corrected chi connectivity index (χ1v) is 5.04. The lowest BCUT2D eigenvalue weighted by molar-refractivity contribution is -0.162. The molecule has 2 saturated carbocycles. The molecule has 2 heteroatoms. The summed E-state index contributed by atoms with van der Waals surface area (Å²) in [5.74, 6) is 0.436. The summed E-state index contributed by atoms with van der Waals surface area (Å²) in [7, 11) is 0. The Morgan fingerprint density at radius 2 is 2.31 bits per heavy atom. The van der Waals surface area contributed by atoms with Crippen LogP contribution in [0.4, 0.5) is 0 Å². The predicted molar refractivity (Wildman–Crippen MR) is 50.2 cm³/mol. The molecule has 3 unspecified atom stereocenters.